The molecule has 2 aromatic rings. The van der Waals surface area contributed by atoms with Gasteiger partial charge < -0.3 is 0 Å². The Bertz CT molecular complexity index is 615. The van der Waals surface area contributed by atoms with Crippen molar-refractivity contribution in [2.45, 2.75) is 20.0 Å². The van der Waals surface area contributed by atoms with Gasteiger partial charge in [0.05, 0.1) is 16.3 Å². The third kappa shape index (κ3) is 3.37. The number of aryl methyl sites for hydroxylation is 1. The highest BCUT2D eigenvalue weighted by Crippen LogP contribution is 2.16. The van der Waals surface area contributed by atoms with E-state index in [4.69, 9.17) is 5.26 Å². The summed E-state index contributed by atoms with van der Waals surface area (Å²) < 4.78 is 13.9. The van der Waals surface area contributed by atoms with Gasteiger partial charge in [-0.15, -0.1) is 11.3 Å². The third-order valence-corrected chi connectivity index (χ3v) is 3.56. The molecule has 0 aliphatic heterocycles. The van der Waals surface area contributed by atoms with E-state index in [1.807, 2.05) is 30.3 Å². The number of nitrogens with zero attached hydrogens (tertiary/aromatic N) is 3. The van der Waals surface area contributed by atoms with Crippen LogP contribution in [0.5, 0.6) is 0 Å². The summed E-state index contributed by atoms with van der Waals surface area (Å²) in [5, 5.41) is 11.8. The van der Waals surface area contributed by atoms with E-state index < -0.39 is 5.82 Å². The van der Waals surface area contributed by atoms with Crippen molar-refractivity contribution in [1.82, 2.24) is 9.88 Å². The molecule has 0 aliphatic rings. The molecule has 0 radical (unpaired) electrons. The second kappa shape index (κ2) is 5.91. The molecule has 0 saturated carbocycles. The van der Waals surface area contributed by atoms with E-state index in [1.165, 1.54) is 6.07 Å². The number of hydrogen-bond donors (Lipinski definition) is 0. The first-order valence-corrected chi connectivity index (χ1v) is 6.75. The van der Waals surface area contributed by atoms with Crippen molar-refractivity contribution in [3.05, 3.63) is 51.2 Å². The lowest BCUT2D eigenvalue weighted by atomic mass is 10.1. The molecule has 5 heteroatoms. The Kier molecular flexibility index (Phi) is 4.25. The van der Waals surface area contributed by atoms with Crippen molar-refractivity contribution in [2.75, 3.05) is 7.05 Å². The van der Waals surface area contributed by atoms with E-state index in [1.54, 1.807) is 23.5 Å². The Morgan fingerprint density at radius 3 is 2.84 bits per heavy atom. The van der Waals surface area contributed by atoms with Gasteiger partial charge in [0.25, 0.3) is 0 Å². The van der Waals surface area contributed by atoms with Crippen LogP contribution in [0.1, 0.15) is 21.8 Å². The average Bonchev–Trinajstić information content (AvgIpc) is 2.77. The molecule has 0 atom stereocenters. The first-order valence-electron chi connectivity index (χ1n) is 5.87. The topological polar surface area (TPSA) is 39.9 Å². The summed E-state index contributed by atoms with van der Waals surface area (Å²) >= 11 is 1.61. The highest BCUT2D eigenvalue weighted by atomic mass is 32.1. The largest absolute Gasteiger partial charge is 0.296 e. The van der Waals surface area contributed by atoms with Crippen LogP contribution < -0.4 is 0 Å². The van der Waals surface area contributed by atoms with E-state index >= 15 is 0 Å². The quantitative estimate of drug-likeness (QED) is 0.860. The maximum Gasteiger partial charge on any atom is 0.145 e. The fourth-order valence-corrected chi connectivity index (χ4v) is 2.50. The molecule has 1 aromatic heterocycles. The van der Waals surface area contributed by atoms with Crippen LogP contribution >= 0.6 is 11.3 Å². The fourth-order valence-electron chi connectivity index (χ4n) is 1.89. The highest BCUT2D eigenvalue weighted by molar-refractivity contribution is 7.09. The summed E-state index contributed by atoms with van der Waals surface area (Å²) in [4.78, 5) is 6.36. The maximum atomic E-state index is 13.9. The summed E-state index contributed by atoms with van der Waals surface area (Å²) in [5.74, 6) is -0.425. The van der Waals surface area contributed by atoms with Gasteiger partial charge in [0, 0.05) is 24.0 Å². The molecule has 0 bridgehead atoms. The van der Waals surface area contributed by atoms with Gasteiger partial charge in [-0.1, -0.05) is 12.1 Å². The van der Waals surface area contributed by atoms with E-state index in [9.17, 15) is 4.39 Å². The molecule has 98 valence electrons. The summed E-state index contributed by atoms with van der Waals surface area (Å²) in [7, 11) is 1.91. The van der Waals surface area contributed by atoms with E-state index in [0.29, 0.717) is 18.7 Å². The molecule has 0 fully saturated rings. The molecule has 0 aliphatic carbocycles. The van der Waals surface area contributed by atoms with Gasteiger partial charge in [-0.25, -0.2) is 9.37 Å². The smallest absolute Gasteiger partial charge is 0.145 e. The Hall–Kier alpha value is -1.77. The number of halogens is 1. The summed E-state index contributed by atoms with van der Waals surface area (Å²) in [6.07, 6.45) is 0. The number of thiazole rings is 1. The molecule has 0 spiro atoms. The monoisotopic (exact) mass is 275 g/mol. The molecular weight excluding hydrogens is 261 g/mol. The highest BCUT2D eigenvalue weighted by Gasteiger charge is 2.10. The van der Waals surface area contributed by atoms with Crippen LogP contribution in [0.15, 0.2) is 23.6 Å². The van der Waals surface area contributed by atoms with Crippen LogP contribution in [0.2, 0.25) is 0 Å². The second-order valence-electron chi connectivity index (χ2n) is 4.42. The Labute approximate surface area is 115 Å². The molecule has 0 amide bonds. The van der Waals surface area contributed by atoms with Gasteiger partial charge >= 0.3 is 0 Å². The number of benzene rings is 1. The zero-order valence-corrected chi connectivity index (χ0v) is 11.7. The van der Waals surface area contributed by atoms with E-state index in [0.717, 1.165) is 10.7 Å². The fraction of sp³-hybridized carbons (Fsp3) is 0.286. The van der Waals surface area contributed by atoms with Crippen LogP contribution in [0.25, 0.3) is 0 Å². The first kappa shape index (κ1) is 13.7. The molecule has 1 heterocycles. The number of aromatic nitrogens is 1. The minimum absolute atomic E-state index is 0.0930. The van der Waals surface area contributed by atoms with Crippen molar-refractivity contribution >= 4 is 11.3 Å². The van der Waals surface area contributed by atoms with Crippen LogP contribution in [-0.2, 0) is 13.1 Å². The standard InChI is InChI=1S/C14H14FN3S/c1-10-17-13(9-19-10)8-18(2)7-12-5-3-4-11(6-16)14(12)15/h3-5,9H,7-8H2,1-2H3. The molecule has 2 rings (SSSR count). The Morgan fingerprint density at radius 2 is 2.21 bits per heavy atom. The van der Waals surface area contributed by atoms with Gasteiger partial charge in [0.1, 0.15) is 11.9 Å². The van der Waals surface area contributed by atoms with E-state index in [-0.39, 0.29) is 5.56 Å². The molecule has 1 aromatic carbocycles. The molecule has 3 nitrogen and oxygen atoms in total. The molecule has 0 N–H and O–H groups in total. The van der Waals surface area contributed by atoms with Crippen LogP contribution in [0, 0.1) is 24.1 Å². The number of nitriles is 1. The van der Waals surface area contributed by atoms with Gasteiger partial charge in [-0.3, -0.25) is 4.90 Å². The zero-order valence-electron chi connectivity index (χ0n) is 10.9. The minimum Gasteiger partial charge on any atom is -0.296 e. The molecular formula is C14H14FN3S. The van der Waals surface area contributed by atoms with Crippen molar-refractivity contribution in [1.29, 1.82) is 5.26 Å². The SMILES string of the molecule is Cc1nc(CN(C)Cc2cccc(C#N)c2F)cs1. The normalized spacial score (nSPS) is 10.7. The summed E-state index contributed by atoms with van der Waals surface area (Å²) in [6, 6.07) is 6.76. The van der Waals surface area contributed by atoms with Crippen molar-refractivity contribution < 1.29 is 4.39 Å². The summed E-state index contributed by atoms with van der Waals surface area (Å²) in [5.41, 5.74) is 1.62. The average molecular weight is 275 g/mol. The van der Waals surface area contributed by atoms with Gasteiger partial charge in [0.2, 0.25) is 0 Å². The van der Waals surface area contributed by atoms with Gasteiger partial charge in [-0.2, -0.15) is 5.26 Å². The maximum absolute atomic E-state index is 13.9. The van der Waals surface area contributed by atoms with Crippen LogP contribution in [0.3, 0.4) is 0 Å². The molecule has 19 heavy (non-hydrogen) atoms. The predicted octanol–water partition coefficient (Wildman–Crippen LogP) is 3.09. The van der Waals surface area contributed by atoms with Crippen LogP contribution in [0.4, 0.5) is 4.39 Å². The lowest BCUT2D eigenvalue weighted by Gasteiger charge is -2.16. The Morgan fingerprint density at radius 1 is 1.42 bits per heavy atom. The van der Waals surface area contributed by atoms with Crippen molar-refractivity contribution in [3.8, 4) is 6.07 Å². The van der Waals surface area contributed by atoms with Crippen molar-refractivity contribution in [2.24, 2.45) is 0 Å². The van der Waals surface area contributed by atoms with E-state index in [2.05, 4.69) is 4.98 Å². The predicted molar refractivity (Wildman–Crippen MR) is 73.1 cm³/mol. The minimum atomic E-state index is -0.425. The van der Waals surface area contributed by atoms with Crippen molar-refractivity contribution in [3.63, 3.8) is 0 Å². The molecule has 0 saturated heterocycles. The zero-order chi connectivity index (χ0) is 13.8. The number of rotatable bonds is 4. The van der Waals surface area contributed by atoms with Gasteiger partial charge in [0.15, 0.2) is 0 Å². The second-order valence-corrected chi connectivity index (χ2v) is 5.48. The van der Waals surface area contributed by atoms with Gasteiger partial charge in [-0.05, 0) is 20.0 Å². The lowest BCUT2D eigenvalue weighted by Crippen LogP contribution is -2.18. The van der Waals surface area contributed by atoms with Crippen LogP contribution in [-0.4, -0.2) is 16.9 Å². The first-order chi connectivity index (χ1) is 9.10. The number of hydrogen-bond acceptors (Lipinski definition) is 4. The Balaban J connectivity index is 2.07. The third-order valence-electron chi connectivity index (χ3n) is 2.74. The summed E-state index contributed by atoms with van der Waals surface area (Å²) in [6.45, 7) is 3.09. The lowest BCUT2D eigenvalue weighted by molar-refractivity contribution is 0.310. The molecule has 0 unspecified atom stereocenters.